The zero-order valence-corrected chi connectivity index (χ0v) is 21.7. The maximum Gasteiger partial charge on any atom is 0.347 e. The minimum Gasteiger partial charge on any atom is -0.342 e. The lowest BCUT2D eigenvalue weighted by Gasteiger charge is -2.41. The molecule has 1 fully saturated rings. The van der Waals surface area contributed by atoms with Crippen LogP contribution in [-0.2, 0) is 16.4 Å². The van der Waals surface area contributed by atoms with E-state index >= 15 is 0 Å². The number of nitrogens with one attached hydrogen (secondary N) is 2. The van der Waals surface area contributed by atoms with Gasteiger partial charge in [-0.15, -0.1) is 0 Å². The number of sulfone groups is 1. The summed E-state index contributed by atoms with van der Waals surface area (Å²) >= 11 is 0. The maximum absolute atomic E-state index is 13.5. The summed E-state index contributed by atoms with van der Waals surface area (Å²) in [7, 11) is -4.72. The van der Waals surface area contributed by atoms with Gasteiger partial charge in [0.15, 0.2) is 0 Å². The van der Waals surface area contributed by atoms with Crippen molar-refractivity contribution in [3.63, 3.8) is 0 Å². The van der Waals surface area contributed by atoms with E-state index in [1.165, 1.54) is 29.8 Å². The third kappa shape index (κ3) is 5.06. The highest BCUT2D eigenvalue weighted by atomic mass is 32.2. The number of carbonyl (C=O) groups excluding carboxylic acids is 1. The summed E-state index contributed by atoms with van der Waals surface area (Å²) in [6.45, 7) is 5.30. The first kappa shape index (κ1) is 25.6. The Labute approximate surface area is 215 Å². The van der Waals surface area contributed by atoms with Crippen LogP contribution in [-0.4, -0.2) is 65.1 Å². The average Bonchev–Trinajstić information content (AvgIpc) is 3.23. The number of rotatable bonds is 6. The quantitative estimate of drug-likeness (QED) is 0.577. The number of aryl methyl sites for hydroxylation is 1. The molecule has 0 saturated carbocycles. The zero-order valence-electron chi connectivity index (χ0n) is 20.9. The number of urea groups is 1. The fourth-order valence-electron chi connectivity index (χ4n) is 5.14. The number of aromatic nitrogens is 2. The van der Waals surface area contributed by atoms with Crippen molar-refractivity contribution < 1.29 is 22.0 Å². The number of imidazole rings is 1. The predicted octanol–water partition coefficient (Wildman–Crippen LogP) is 4.37. The molecule has 11 heteroatoms. The number of H-pyrrole nitrogens is 1. The highest BCUT2D eigenvalue weighted by molar-refractivity contribution is 7.92. The van der Waals surface area contributed by atoms with Gasteiger partial charge < -0.3 is 15.2 Å². The molecule has 37 heavy (non-hydrogen) atoms. The minimum absolute atomic E-state index is 0.00163. The van der Waals surface area contributed by atoms with Gasteiger partial charge in [-0.3, -0.25) is 4.90 Å². The summed E-state index contributed by atoms with van der Waals surface area (Å²) in [6.07, 6.45) is 7.92. The minimum atomic E-state index is -4.72. The number of carbonyl (C=O) groups is 1. The van der Waals surface area contributed by atoms with Gasteiger partial charge in [-0.05, 0) is 62.4 Å². The van der Waals surface area contributed by atoms with Gasteiger partial charge in [-0.25, -0.2) is 18.2 Å². The number of likely N-dealkylation sites (tertiary alicyclic amines) is 1. The molecule has 5 rings (SSSR count). The van der Waals surface area contributed by atoms with Crippen LogP contribution in [0.2, 0.25) is 0 Å². The van der Waals surface area contributed by atoms with Gasteiger partial charge in [0.05, 0.1) is 10.6 Å². The van der Waals surface area contributed by atoms with Crippen LogP contribution in [0.4, 0.5) is 13.6 Å². The second kappa shape index (κ2) is 9.68. The number of hydrogen-bond donors (Lipinski definition) is 2. The number of benzene rings is 1. The van der Waals surface area contributed by atoms with E-state index in [9.17, 15) is 22.0 Å². The van der Waals surface area contributed by atoms with E-state index in [0.29, 0.717) is 31.4 Å². The number of alkyl halides is 2. The van der Waals surface area contributed by atoms with E-state index in [4.69, 9.17) is 4.98 Å². The van der Waals surface area contributed by atoms with Crippen LogP contribution in [0.25, 0.3) is 11.4 Å². The Morgan fingerprint density at radius 2 is 1.86 bits per heavy atom. The molecule has 1 aromatic carbocycles. The van der Waals surface area contributed by atoms with Crippen molar-refractivity contribution in [1.82, 2.24) is 25.1 Å². The molecule has 2 amide bonds. The highest BCUT2D eigenvalue weighted by Gasteiger charge is 2.40. The SMILES string of the molecule is Cc1[nH]c(-c2ccc(S(=O)(=O)C(C)(F)F)cc2)nc1CN1CCC(N2CC3=C(CCC=C3)NC2=O)CC1. The Morgan fingerprint density at radius 1 is 1.16 bits per heavy atom. The number of halogens is 2. The summed E-state index contributed by atoms with van der Waals surface area (Å²) in [5.74, 6) is 0.559. The number of hydrogen-bond acceptors (Lipinski definition) is 5. The van der Waals surface area contributed by atoms with Crippen molar-refractivity contribution in [2.75, 3.05) is 19.6 Å². The predicted molar refractivity (Wildman–Crippen MR) is 136 cm³/mol. The Hall–Kier alpha value is -3.05. The van der Waals surface area contributed by atoms with Gasteiger partial charge in [0, 0.05) is 56.1 Å². The first-order valence-electron chi connectivity index (χ1n) is 12.5. The van der Waals surface area contributed by atoms with E-state index in [0.717, 1.165) is 55.9 Å². The summed E-state index contributed by atoms with van der Waals surface area (Å²) in [5, 5.41) is -0.767. The van der Waals surface area contributed by atoms with E-state index in [-0.39, 0.29) is 12.1 Å². The number of nitrogens with zero attached hydrogens (tertiary/aromatic N) is 3. The first-order chi connectivity index (χ1) is 17.5. The van der Waals surface area contributed by atoms with Crippen molar-refractivity contribution in [1.29, 1.82) is 0 Å². The number of aromatic amines is 1. The molecule has 2 aliphatic heterocycles. The summed E-state index contributed by atoms with van der Waals surface area (Å²) in [4.78, 5) is 24.5. The Bertz CT molecular complexity index is 1350. The van der Waals surface area contributed by atoms with Gasteiger partial charge in [-0.1, -0.05) is 12.2 Å². The van der Waals surface area contributed by atoms with Gasteiger partial charge in [0.25, 0.3) is 0 Å². The van der Waals surface area contributed by atoms with Crippen LogP contribution in [0.15, 0.2) is 52.6 Å². The largest absolute Gasteiger partial charge is 0.347 e. The second-order valence-corrected chi connectivity index (χ2v) is 12.2. The van der Waals surface area contributed by atoms with Crippen LogP contribution in [0.1, 0.15) is 44.0 Å². The average molecular weight is 532 g/mol. The highest BCUT2D eigenvalue weighted by Crippen LogP contribution is 2.30. The normalized spacial score (nSPS) is 19.8. The van der Waals surface area contributed by atoms with Crippen LogP contribution in [0.3, 0.4) is 0 Å². The molecule has 0 spiro atoms. The van der Waals surface area contributed by atoms with Gasteiger partial charge in [0.2, 0.25) is 9.84 Å². The molecule has 0 unspecified atom stereocenters. The molecule has 198 valence electrons. The van der Waals surface area contributed by atoms with Crippen molar-refractivity contribution in [2.24, 2.45) is 0 Å². The zero-order chi connectivity index (χ0) is 26.4. The summed E-state index contributed by atoms with van der Waals surface area (Å²) in [6, 6.07) is 5.53. The van der Waals surface area contributed by atoms with E-state index in [2.05, 4.69) is 27.4 Å². The number of piperidine rings is 1. The third-order valence-corrected chi connectivity index (χ3v) is 9.23. The standard InChI is InChI=1S/C26H31F2N5O3S/c1-17-23(30-24(29-17)18-7-9-21(10-8-18)37(35,36)26(2,27)28)16-32-13-11-20(12-14-32)33-15-19-5-3-4-6-22(19)31-25(33)34/h3,5,7-10,20H,4,6,11-16H2,1-2H3,(H,29,30)(H,31,34). The van der Waals surface area contributed by atoms with Crippen LogP contribution >= 0.6 is 0 Å². The number of amides is 2. The van der Waals surface area contributed by atoms with E-state index in [1.807, 2.05) is 11.8 Å². The lowest BCUT2D eigenvalue weighted by Crippen LogP contribution is -2.53. The van der Waals surface area contributed by atoms with Crippen molar-refractivity contribution >= 4 is 15.9 Å². The third-order valence-electron chi connectivity index (χ3n) is 7.39. The van der Waals surface area contributed by atoms with Crippen LogP contribution in [0, 0.1) is 6.92 Å². The summed E-state index contributed by atoms with van der Waals surface area (Å²) in [5.41, 5.74) is 4.66. The fraction of sp³-hybridized carbons (Fsp3) is 0.462. The first-order valence-corrected chi connectivity index (χ1v) is 14.0. The molecule has 1 aromatic heterocycles. The van der Waals surface area contributed by atoms with Crippen molar-refractivity contribution in [2.45, 2.75) is 62.3 Å². The Balaban J connectivity index is 1.21. The monoisotopic (exact) mass is 531 g/mol. The molecule has 0 radical (unpaired) electrons. The van der Waals surface area contributed by atoms with Gasteiger partial charge >= 0.3 is 11.3 Å². The lowest BCUT2D eigenvalue weighted by atomic mass is 9.97. The van der Waals surface area contributed by atoms with E-state index in [1.54, 1.807) is 0 Å². The molecule has 1 saturated heterocycles. The van der Waals surface area contributed by atoms with Crippen molar-refractivity contribution in [3.05, 3.63) is 59.1 Å². The number of allylic oxidation sites excluding steroid dienone is 2. The van der Waals surface area contributed by atoms with Crippen LogP contribution < -0.4 is 5.32 Å². The van der Waals surface area contributed by atoms with Gasteiger partial charge in [-0.2, -0.15) is 8.78 Å². The maximum atomic E-state index is 13.5. The molecule has 3 heterocycles. The molecule has 8 nitrogen and oxygen atoms in total. The topological polar surface area (TPSA) is 98.4 Å². The molecular weight excluding hydrogens is 500 g/mol. The van der Waals surface area contributed by atoms with Crippen LogP contribution in [0.5, 0.6) is 0 Å². The Kier molecular flexibility index (Phi) is 6.70. The molecule has 0 atom stereocenters. The lowest BCUT2D eigenvalue weighted by molar-refractivity contribution is 0.114. The molecule has 2 aromatic rings. The molecule has 2 N–H and O–H groups in total. The van der Waals surface area contributed by atoms with E-state index < -0.39 is 20.0 Å². The fourth-order valence-corrected chi connectivity index (χ4v) is 6.05. The second-order valence-electron chi connectivity index (χ2n) is 10.0. The molecule has 0 bridgehead atoms. The molecular formula is C26H31F2N5O3S. The van der Waals surface area contributed by atoms with Crippen molar-refractivity contribution in [3.8, 4) is 11.4 Å². The molecule has 3 aliphatic rings. The molecule has 1 aliphatic carbocycles. The summed E-state index contributed by atoms with van der Waals surface area (Å²) < 4.78 is 50.9. The smallest absolute Gasteiger partial charge is 0.342 e. The van der Waals surface area contributed by atoms with Gasteiger partial charge in [0.1, 0.15) is 5.82 Å². The Morgan fingerprint density at radius 3 is 2.54 bits per heavy atom.